The van der Waals surface area contributed by atoms with Crippen molar-refractivity contribution in [2.24, 2.45) is 5.92 Å². The number of hydrogen-bond donors (Lipinski definition) is 0. The molecule has 104 valence electrons. The quantitative estimate of drug-likeness (QED) is 0.444. The van der Waals surface area contributed by atoms with Crippen LogP contribution in [0.4, 0.5) is 0 Å². The average Bonchev–Trinajstić information content (AvgIpc) is 2.35. The van der Waals surface area contributed by atoms with E-state index in [0.717, 1.165) is 38.8 Å². The normalized spacial score (nSPS) is 13.3. The van der Waals surface area contributed by atoms with Crippen LogP contribution in [0.3, 0.4) is 0 Å². The zero-order valence-corrected chi connectivity index (χ0v) is 12.5. The highest BCUT2D eigenvalue weighted by Crippen LogP contribution is 2.05. The van der Waals surface area contributed by atoms with Gasteiger partial charge in [-0.1, -0.05) is 51.5 Å². The molecule has 0 saturated carbocycles. The molecule has 0 N–H and O–H groups in total. The molecule has 0 aliphatic heterocycles. The Bertz CT molecular complexity index is 268. The minimum absolute atomic E-state index is 0.172. The first-order valence-electron chi connectivity index (χ1n) is 7.17. The summed E-state index contributed by atoms with van der Waals surface area (Å²) >= 11 is 0. The van der Waals surface area contributed by atoms with Crippen molar-refractivity contribution in [1.82, 2.24) is 4.90 Å². The lowest BCUT2D eigenvalue weighted by molar-refractivity contribution is -0.128. The van der Waals surface area contributed by atoms with Crippen molar-refractivity contribution in [3.8, 4) is 0 Å². The van der Waals surface area contributed by atoms with E-state index in [4.69, 9.17) is 0 Å². The lowest BCUT2D eigenvalue weighted by Crippen LogP contribution is -2.32. The second kappa shape index (κ2) is 11.1. The second-order valence-electron chi connectivity index (χ2n) is 4.87. The van der Waals surface area contributed by atoms with Gasteiger partial charge < -0.3 is 4.90 Å². The van der Waals surface area contributed by atoms with Crippen LogP contribution in [-0.2, 0) is 4.79 Å². The highest BCUT2D eigenvalue weighted by molar-refractivity contribution is 5.73. The maximum atomic E-state index is 11.5. The van der Waals surface area contributed by atoms with Crippen LogP contribution in [0.2, 0.25) is 0 Å². The van der Waals surface area contributed by atoms with Crippen molar-refractivity contribution in [2.45, 2.75) is 53.4 Å². The summed E-state index contributed by atoms with van der Waals surface area (Å²) in [5, 5.41) is 0. The Balaban J connectivity index is 3.92. The van der Waals surface area contributed by atoms with Crippen LogP contribution in [0, 0.1) is 5.92 Å². The van der Waals surface area contributed by atoms with E-state index in [2.05, 4.69) is 45.1 Å². The van der Waals surface area contributed by atoms with Crippen LogP contribution in [0.1, 0.15) is 53.4 Å². The molecular weight excluding hydrogens is 222 g/mol. The molecule has 0 aliphatic rings. The summed E-state index contributed by atoms with van der Waals surface area (Å²) in [6, 6.07) is 0. The van der Waals surface area contributed by atoms with E-state index in [1.54, 1.807) is 6.92 Å². The van der Waals surface area contributed by atoms with Crippen molar-refractivity contribution in [2.75, 3.05) is 13.1 Å². The largest absolute Gasteiger partial charge is 0.339 e. The molecule has 0 aromatic carbocycles. The Morgan fingerprint density at radius 3 is 2.22 bits per heavy atom. The number of amides is 1. The van der Waals surface area contributed by atoms with Crippen LogP contribution in [0.25, 0.3) is 0 Å². The summed E-state index contributed by atoms with van der Waals surface area (Å²) in [4.78, 5) is 13.4. The van der Waals surface area contributed by atoms with E-state index >= 15 is 0 Å². The van der Waals surface area contributed by atoms with Gasteiger partial charge in [-0.2, -0.15) is 0 Å². The molecular formula is C16H29NO. The predicted molar refractivity (Wildman–Crippen MR) is 79.5 cm³/mol. The standard InChI is InChI=1S/C16H29NO/c1-5-7-8-9-10-11-12-13-17(16(4)18)14-15(3)6-2/h7-8,11-12,15H,5-6,9-10,13-14H2,1-4H3/b8-7-,12-11-. The van der Waals surface area contributed by atoms with Gasteiger partial charge in [0.15, 0.2) is 0 Å². The fourth-order valence-electron chi connectivity index (χ4n) is 1.63. The summed E-state index contributed by atoms with van der Waals surface area (Å²) in [5.41, 5.74) is 0. The molecule has 0 spiro atoms. The SMILES string of the molecule is CC/C=C\CC/C=C\CN(CC(C)CC)C(C)=O. The minimum atomic E-state index is 0.172. The molecule has 0 aromatic rings. The molecule has 1 unspecified atom stereocenters. The number of carbonyl (C=O) groups is 1. The Kier molecular flexibility index (Phi) is 10.4. The maximum Gasteiger partial charge on any atom is 0.219 e. The lowest BCUT2D eigenvalue weighted by Gasteiger charge is -2.22. The van der Waals surface area contributed by atoms with E-state index in [9.17, 15) is 4.79 Å². The molecule has 0 aliphatic carbocycles. The number of hydrogen-bond acceptors (Lipinski definition) is 1. The smallest absolute Gasteiger partial charge is 0.219 e. The van der Waals surface area contributed by atoms with Gasteiger partial charge in [0.25, 0.3) is 0 Å². The Hall–Kier alpha value is -1.05. The number of nitrogens with zero attached hydrogens (tertiary/aromatic N) is 1. The third-order valence-corrected chi connectivity index (χ3v) is 3.07. The van der Waals surface area contributed by atoms with E-state index in [-0.39, 0.29) is 5.91 Å². The van der Waals surface area contributed by atoms with E-state index in [1.807, 2.05) is 4.90 Å². The van der Waals surface area contributed by atoms with Crippen LogP contribution < -0.4 is 0 Å². The van der Waals surface area contributed by atoms with Gasteiger partial charge in [-0.25, -0.2) is 0 Å². The molecule has 0 saturated heterocycles. The van der Waals surface area contributed by atoms with Crippen molar-refractivity contribution < 1.29 is 4.79 Å². The van der Waals surface area contributed by atoms with Gasteiger partial charge in [0, 0.05) is 20.0 Å². The lowest BCUT2D eigenvalue weighted by atomic mass is 10.1. The molecule has 18 heavy (non-hydrogen) atoms. The van der Waals surface area contributed by atoms with Gasteiger partial charge in [0.2, 0.25) is 5.91 Å². The Labute approximate surface area is 113 Å². The first-order chi connectivity index (χ1) is 8.61. The average molecular weight is 251 g/mol. The molecule has 0 rings (SSSR count). The Morgan fingerprint density at radius 2 is 1.72 bits per heavy atom. The first-order valence-corrected chi connectivity index (χ1v) is 7.17. The number of carbonyl (C=O) groups excluding carboxylic acids is 1. The monoisotopic (exact) mass is 251 g/mol. The summed E-state index contributed by atoms with van der Waals surface area (Å²) < 4.78 is 0. The topological polar surface area (TPSA) is 20.3 Å². The maximum absolute atomic E-state index is 11.5. The van der Waals surface area contributed by atoms with Crippen molar-refractivity contribution in [3.05, 3.63) is 24.3 Å². The van der Waals surface area contributed by atoms with Crippen LogP contribution in [-0.4, -0.2) is 23.9 Å². The van der Waals surface area contributed by atoms with E-state index < -0.39 is 0 Å². The molecule has 0 fully saturated rings. The molecule has 0 bridgehead atoms. The van der Waals surface area contributed by atoms with Gasteiger partial charge >= 0.3 is 0 Å². The van der Waals surface area contributed by atoms with Crippen molar-refractivity contribution in [1.29, 1.82) is 0 Å². The molecule has 0 heterocycles. The fraction of sp³-hybridized carbons (Fsp3) is 0.688. The summed E-state index contributed by atoms with van der Waals surface area (Å²) in [5.74, 6) is 0.751. The number of allylic oxidation sites excluding steroid dienone is 3. The second-order valence-corrected chi connectivity index (χ2v) is 4.87. The minimum Gasteiger partial charge on any atom is -0.339 e. The molecule has 0 radical (unpaired) electrons. The highest BCUT2D eigenvalue weighted by atomic mass is 16.2. The molecule has 2 nitrogen and oxygen atoms in total. The van der Waals surface area contributed by atoms with Crippen LogP contribution in [0.5, 0.6) is 0 Å². The highest BCUT2D eigenvalue weighted by Gasteiger charge is 2.09. The third kappa shape index (κ3) is 9.03. The molecule has 1 atom stereocenters. The first kappa shape index (κ1) is 16.9. The third-order valence-electron chi connectivity index (χ3n) is 3.07. The van der Waals surface area contributed by atoms with Gasteiger partial charge in [0.05, 0.1) is 0 Å². The Morgan fingerprint density at radius 1 is 1.11 bits per heavy atom. The predicted octanol–water partition coefficient (Wildman–Crippen LogP) is 4.18. The number of unbranched alkanes of at least 4 members (excludes halogenated alkanes) is 1. The number of rotatable bonds is 9. The van der Waals surface area contributed by atoms with Crippen molar-refractivity contribution in [3.63, 3.8) is 0 Å². The molecule has 1 amide bonds. The van der Waals surface area contributed by atoms with Crippen LogP contribution in [0.15, 0.2) is 24.3 Å². The van der Waals surface area contributed by atoms with Gasteiger partial charge in [-0.15, -0.1) is 0 Å². The summed E-state index contributed by atoms with van der Waals surface area (Å²) in [7, 11) is 0. The zero-order chi connectivity index (χ0) is 13.8. The van der Waals surface area contributed by atoms with Crippen molar-refractivity contribution >= 4 is 5.91 Å². The molecule has 2 heteroatoms. The summed E-state index contributed by atoms with van der Waals surface area (Å²) in [6.07, 6.45) is 13.1. The summed E-state index contributed by atoms with van der Waals surface area (Å²) in [6.45, 7) is 9.77. The van der Waals surface area contributed by atoms with Gasteiger partial charge in [-0.05, 0) is 25.2 Å². The molecule has 0 aromatic heterocycles. The van der Waals surface area contributed by atoms with Crippen LogP contribution >= 0.6 is 0 Å². The van der Waals surface area contributed by atoms with E-state index in [1.165, 1.54) is 0 Å². The van der Waals surface area contributed by atoms with E-state index in [0.29, 0.717) is 5.92 Å². The fourth-order valence-corrected chi connectivity index (χ4v) is 1.63. The zero-order valence-electron chi connectivity index (χ0n) is 12.5. The van der Waals surface area contributed by atoms with Gasteiger partial charge in [0.1, 0.15) is 0 Å². The van der Waals surface area contributed by atoms with Gasteiger partial charge in [-0.3, -0.25) is 4.79 Å².